The molecule has 0 saturated carbocycles. The summed E-state index contributed by atoms with van der Waals surface area (Å²) in [6.45, 7) is 2.35. The topological polar surface area (TPSA) is 83.2 Å². The standard InChI is InChI=1S/C17H19F2N3O3/c1-8(7-21-17(24)15(18)19)12-13-9-5-6-25-11(9)4-3-10(13)22-14(12)16(23)20-2/h3-4,8,15,22H,5-7H2,1-2H3,(H,20,23)(H,21,24)/t8-/m1/s1. The molecule has 2 heterocycles. The molecule has 0 unspecified atom stereocenters. The molecule has 0 bridgehead atoms. The highest BCUT2D eigenvalue weighted by Gasteiger charge is 2.27. The average Bonchev–Trinajstić information content (AvgIpc) is 3.21. The van der Waals surface area contributed by atoms with Gasteiger partial charge in [-0.05, 0) is 17.7 Å². The molecule has 2 aromatic rings. The number of amides is 2. The van der Waals surface area contributed by atoms with Crippen LogP contribution in [0.3, 0.4) is 0 Å². The Kier molecular flexibility index (Phi) is 4.61. The molecule has 3 rings (SSSR count). The third kappa shape index (κ3) is 3.04. The summed E-state index contributed by atoms with van der Waals surface area (Å²) in [6, 6.07) is 3.68. The maximum Gasteiger partial charge on any atom is 0.315 e. The zero-order valence-electron chi connectivity index (χ0n) is 13.9. The third-order valence-corrected chi connectivity index (χ3v) is 4.41. The normalized spacial score (nSPS) is 14.3. The first-order valence-corrected chi connectivity index (χ1v) is 8.02. The number of H-pyrrole nitrogens is 1. The Balaban J connectivity index is 2.06. The van der Waals surface area contributed by atoms with E-state index in [1.807, 2.05) is 12.1 Å². The predicted molar refractivity (Wildman–Crippen MR) is 88.3 cm³/mol. The number of hydrogen-bond acceptors (Lipinski definition) is 3. The van der Waals surface area contributed by atoms with Crippen LogP contribution in [0.4, 0.5) is 8.78 Å². The van der Waals surface area contributed by atoms with E-state index in [4.69, 9.17) is 4.74 Å². The Morgan fingerprint density at radius 2 is 2.12 bits per heavy atom. The van der Waals surface area contributed by atoms with Crippen LogP contribution >= 0.6 is 0 Å². The van der Waals surface area contributed by atoms with Gasteiger partial charge in [-0.3, -0.25) is 9.59 Å². The van der Waals surface area contributed by atoms with Gasteiger partial charge in [0.1, 0.15) is 11.4 Å². The molecule has 1 aromatic heterocycles. The largest absolute Gasteiger partial charge is 0.493 e. The molecule has 0 fully saturated rings. The molecule has 0 radical (unpaired) electrons. The Morgan fingerprint density at radius 3 is 2.80 bits per heavy atom. The number of nitrogens with one attached hydrogen (secondary N) is 3. The van der Waals surface area contributed by atoms with Gasteiger partial charge in [0.15, 0.2) is 0 Å². The minimum absolute atomic E-state index is 0.00461. The molecule has 1 aromatic carbocycles. The van der Waals surface area contributed by atoms with Crippen molar-refractivity contribution in [1.82, 2.24) is 15.6 Å². The quantitative estimate of drug-likeness (QED) is 0.770. The fourth-order valence-electron chi connectivity index (χ4n) is 3.24. The molecule has 6 nitrogen and oxygen atoms in total. The van der Waals surface area contributed by atoms with Crippen LogP contribution in [0.1, 0.15) is 34.5 Å². The lowest BCUT2D eigenvalue weighted by Crippen LogP contribution is -2.33. The van der Waals surface area contributed by atoms with Crippen molar-refractivity contribution >= 4 is 22.7 Å². The molecule has 1 atom stereocenters. The maximum atomic E-state index is 12.4. The summed E-state index contributed by atoms with van der Waals surface area (Å²) in [5.74, 6) is -1.19. The van der Waals surface area contributed by atoms with E-state index in [1.165, 1.54) is 7.05 Å². The highest BCUT2D eigenvalue weighted by atomic mass is 19.3. The Morgan fingerprint density at radius 1 is 1.36 bits per heavy atom. The van der Waals surface area contributed by atoms with Crippen molar-refractivity contribution in [1.29, 1.82) is 0 Å². The molecule has 1 aliphatic rings. The molecule has 25 heavy (non-hydrogen) atoms. The Bertz CT molecular complexity index is 832. The summed E-state index contributed by atoms with van der Waals surface area (Å²) < 4.78 is 30.4. The highest BCUT2D eigenvalue weighted by Crippen LogP contribution is 2.38. The van der Waals surface area contributed by atoms with Crippen molar-refractivity contribution in [3.8, 4) is 5.75 Å². The van der Waals surface area contributed by atoms with E-state index in [0.29, 0.717) is 24.3 Å². The second-order valence-electron chi connectivity index (χ2n) is 6.00. The average molecular weight is 351 g/mol. The Labute approximate surface area is 142 Å². The molecule has 134 valence electrons. The number of halogens is 2. The zero-order valence-corrected chi connectivity index (χ0v) is 13.9. The number of alkyl halides is 2. The molecule has 0 aliphatic carbocycles. The third-order valence-electron chi connectivity index (χ3n) is 4.41. The van der Waals surface area contributed by atoms with Crippen molar-refractivity contribution in [2.75, 3.05) is 20.2 Å². The van der Waals surface area contributed by atoms with Crippen LogP contribution < -0.4 is 15.4 Å². The van der Waals surface area contributed by atoms with Gasteiger partial charge in [0, 0.05) is 42.4 Å². The van der Waals surface area contributed by atoms with Gasteiger partial charge < -0.3 is 20.4 Å². The summed E-state index contributed by atoms with van der Waals surface area (Å²) in [7, 11) is 1.52. The van der Waals surface area contributed by atoms with E-state index in [1.54, 1.807) is 6.92 Å². The first-order chi connectivity index (χ1) is 11.9. The van der Waals surface area contributed by atoms with E-state index < -0.39 is 12.3 Å². The van der Waals surface area contributed by atoms with Gasteiger partial charge in [0.25, 0.3) is 11.8 Å². The van der Waals surface area contributed by atoms with Crippen LogP contribution in [0.5, 0.6) is 5.75 Å². The molecule has 1 aliphatic heterocycles. The number of ether oxygens (including phenoxy) is 1. The summed E-state index contributed by atoms with van der Waals surface area (Å²) >= 11 is 0. The highest BCUT2D eigenvalue weighted by molar-refractivity contribution is 6.03. The number of carbonyl (C=O) groups is 2. The van der Waals surface area contributed by atoms with Gasteiger partial charge in [-0.25, -0.2) is 0 Å². The number of aromatic nitrogens is 1. The van der Waals surface area contributed by atoms with Gasteiger partial charge in [-0.2, -0.15) is 8.78 Å². The minimum atomic E-state index is -3.06. The predicted octanol–water partition coefficient (Wildman–Crippen LogP) is 1.95. The van der Waals surface area contributed by atoms with Gasteiger partial charge in [-0.1, -0.05) is 6.92 Å². The van der Waals surface area contributed by atoms with Gasteiger partial charge >= 0.3 is 6.43 Å². The maximum absolute atomic E-state index is 12.4. The van der Waals surface area contributed by atoms with Crippen LogP contribution in [-0.4, -0.2) is 43.4 Å². The first-order valence-electron chi connectivity index (χ1n) is 8.02. The molecule has 0 spiro atoms. The fraction of sp³-hybridized carbons (Fsp3) is 0.412. The lowest BCUT2D eigenvalue weighted by molar-refractivity contribution is -0.131. The SMILES string of the molecule is CNC(=O)c1[nH]c2ccc3c(c2c1[C@H](C)CNC(=O)C(F)F)CCO3. The van der Waals surface area contributed by atoms with E-state index >= 15 is 0 Å². The number of hydrogen-bond donors (Lipinski definition) is 3. The second-order valence-corrected chi connectivity index (χ2v) is 6.00. The summed E-state index contributed by atoms with van der Waals surface area (Å²) in [6.07, 6.45) is -2.35. The monoisotopic (exact) mass is 351 g/mol. The number of aromatic amines is 1. The molecule has 2 amide bonds. The van der Waals surface area contributed by atoms with Crippen molar-refractivity contribution in [3.63, 3.8) is 0 Å². The van der Waals surface area contributed by atoms with Gasteiger partial charge in [-0.15, -0.1) is 0 Å². The zero-order chi connectivity index (χ0) is 18.1. The lowest BCUT2D eigenvalue weighted by Gasteiger charge is -2.15. The first kappa shape index (κ1) is 17.2. The minimum Gasteiger partial charge on any atom is -0.493 e. The van der Waals surface area contributed by atoms with Crippen molar-refractivity contribution < 1.29 is 23.1 Å². The molecule has 8 heteroatoms. The van der Waals surface area contributed by atoms with Gasteiger partial charge in [0.05, 0.1) is 6.61 Å². The van der Waals surface area contributed by atoms with Crippen LogP contribution in [0.2, 0.25) is 0 Å². The molecular formula is C17H19F2N3O3. The van der Waals surface area contributed by atoms with Crippen molar-refractivity contribution in [3.05, 3.63) is 29.0 Å². The van der Waals surface area contributed by atoms with E-state index in [-0.39, 0.29) is 18.4 Å². The van der Waals surface area contributed by atoms with Crippen LogP contribution in [0.25, 0.3) is 10.9 Å². The van der Waals surface area contributed by atoms with Crippen molar-refractivity contribution in [2.24, 2.45) is 0 Å². The summed E-state index contributed by atoms with van der Waals surface area (Å²) in [5.41, 5.74) is 2.85. The molecular weight excluding hydrogens is 332 g/mol. The van der Waals surface area contributed by atoms with Gasteiger partial charge in [0.2, 0.25) is 0 Å². The fourth-order valence-corrected chi connectivity index (χ4v) is 3.24. The number of carbonyl (C=O) groups excluding carboxylic acids is 2. The van der Waals surface area contributed by atoms with Crippen LogP contribution in [-0.2, 0) is 11.2 Å². The molecule has 0 saturated heterocycles. The van der Waals surface area contributed by atoms with E-state index in [0.717, 1.165) is 22.2 Å². The smallest absolute Gasteiger partial charge is 0.315 e. The summed E-state index contributed by atoms with van der Waals surface area (Å²) in [5, 5.41) is 5.67. The van der Waals surface area contributed by atoms with Crippen molar-refractivity contribution in [2.45, 2.75) is 25.7 Å². The number of rotatable bonds is 5. The van der Waals surface area contributed by atoms with E-state index in [9.17, 15) is 18.4 Å². The summed E-state index contributed by atoms with van der Waals surface area (Å²) in [4.78, 5) is 26.6. The number of benzene rings is 1. The second kappa shape index (κ2) is 6.70. The van der Waals surface area contributed by atoms with E-state index in [2.05, 4.69) is 15.6 Å². The van der Waals surface area contributed by atoms with Crippen LogP contribution in [0.15, 0.2) is 12.1 Å². The number of fused-ring (bicyclic) bond motifs is 3. The Hall–Kier alpha value is -2.64. The van der Waals surface area contributed by atoms with Crippen LogP contribution in [0, 0.1) is 0 Å². The molecule has 3 N–H and O–H groups in total. The lowest BCUT2D eigenvalue weighted by atomic mass is 9.93.